The average molecular weight is 271 g/mol. The van der Waals surface area contributed by atoms with Crippen LogP contribution in [0.15, 0.2) is 24.3 Å². The molecule has 1 atom stereocenters. The van der Waals surface area contributed by atoms with E-state index in [1.165, 1.54) is 12.1 Å². The van der Waals surface area contributed by atoms with Crippen LogP contribution in [0.5, 0.6) is 5.75 Å². The topological polar surface area (TPSA) is 47.6 Å². The van der Waals surface area contributed by atoms with E-state index in [1.807, 2.05) is 0 Å². The highest BCUT2D eigenvalue weighted by atomic mass is 19.3. The van der Waals surface area contributed by atoms with Crippen molar-refractivity contribution in [3.8, 4) is 5.75 Å². The fourth-order valence-corrected chi connectivity index (χ4v) is 1.88. The van der Waals surface area contributed by atoms with Crippen molar-refractivity contribution < 1.29 is 23.0 Å². The number of halogens is 2. The lowest BCUT2D eigenvalue weighted by atomic mass is 10.2. The molecular formula is C13H15F2NO3. The summed E-state index contributed by atoms with van der Waals surface area (Å²) in [6.45, 7) is -1.86. The molecule has 0 aliphatic carbocycles. The predicted octanol–water partition coefficient (Wildman–Crippen LogP) is 2.08. The standard InChI is InChI=1S/C13H15F2NO3/c14-13(15)19-10-5-3-9(4-6-10)8-16-12(17)11-2-1-7-18-11/h3-6,11,13H,1-2,7-8H2,(H,16,17). The monoisotopic (exact) mass is 271 g/mol. The molecule has 1 N–H and O–H groups in total. The third kappa shape index (κ3) is 4.17. The number of carbonyl (C=O) groups is 1. The fraction of sp³-hybridized carbons (Fsp3) is 0.462. The zero-order valence-corrected chi connectivity index (χ0v) is 10.3. The molecule has 0 radical (unpaired) electrons. The van der Waals surface area contributed by atoms with Gasteiger partial charge in [0.25, 0.3) is 0 Å². The van der Waals surface area contributed by atoms with Gasteiger partial charge in [-0.05, 0) is 30.5 Å². The summed E-state index contributed by atoms with van der Waals surface area (Å²) in [5, 5.41) is 2.75. The molecule has 1 aromatic carbocycles. The molecule has 1 heterocycles. The first-order valence-electron chi connectivity index (χ1n) is 6.08. The van der Waals surface area contributed by atoms with Crippen LogP contribution in [0.25, 0.3) is 0 Å². The Hall–Kier alpha value is -1.69. The number of rotatable bonds is 5. The molecule has 104 valence electrons. The summed E-state index contributed by atoms with van der Waals surface area (Å²) >= 11 is 0. The van der Waals surface area contributed by atoms with E-state index < -0.39 is 6.61 Å². The second-order valence-electron chi connectivity index (χ2n) is 4.24. The highest BCUT2D eigenvalue weighted by Gasteiger charge is 2.22. The lowest BCUT2D eigenvalue weighted by Gasteiger charge is -2.10. The summed E-state index contributed by atoms with van der Waals surface area (Å²) in [5.74, 6) is -0.0328. The molecule has 1 saturated heterocycles. The highest BCUT2D eigenvalue weighted by Crippen LogP contribution is 2.15. The zero-order valence-electron chi connectivity index (χ0n) is 10.3. The third-order valence-electron chi connectivity index (χ3n) is 2.84. The SMILES string of the molecule is O=C(NCc1ccc(OC(F)F)cc1)C1CCCO1. The maximum Gasteiger partial charge on any atom is 0.387 e. The Labute approximate surface area is 109 Å². The van der Waals surface area contributed by atoms with Gasteiger partial charge in [0.05, 0.1) is 0 Å². The van der Waals surface area contributed by atoms with Crippen LogP contribution in [-0.4, -0.2) is 25.2 Å². The first kappa shape index (κ1) is 13.7. The predicted molar refractivity (Wildman–Crippen MR) is 63.9 cm³/mol. The molecule has 0 bridgehead atoms. The minimum atomic E-state index is -2.83. The van der Waals surface area contributed by atoms with Crippen molar-refractivity contribution in [1.29, 1.82) is 0 Å². The Kier molecular flexibility index (Phi) is 4.68. The Balaban J connectivity index is 1.80. The highest BCUT2D eigenvalue weighted by molar-refractivity contribution is 5.80. The quantitative estimate of drug-likeness (QED) is 0.892. The minimum Gasteiger partial charge on any atom is -0.435 e. The third-order valence-corrected chi connectivity index (χ3v) is 2.84. The van der Waals surface area contributed by atoms with Crippen LogP contribution < -0.4 is 10.1 Å². The van der Waals surface area contributed by atoms with E-state index in [0.717, 1.165) is 18.4 Å². The van der Waals surface area contributed by atoms with Gasteiger partial charge in [0, 0.05) is 13.2 Å². The number of carbonyl (C=O) groups excluding carboxylic acids is 1. The van der Waals surface area contributed by atoms with E-state index in [2.05, 4.69) is 10.1 Å². The van der Waals surface area contributed by atoms with E-state index in [1.54, 1.807) is 12.1 Å². The second-order valence-corrected chi connectivity index (χ2v) is 4.24. The van der Waals surface area contributed by atoms with Crippen molar-refractivity contribution in [2.45, 2.75) is 32.1 Å². The molecule has 1 unspecified atom stereocenters. The number of hydrogen-bond donors (Lipinski definition) is 1. The van der Waals surface area contributed by atoms with Gasteiger partial charge in [-0.3, -0.25) is 4.79 Å². The fourth-order valence-electron chi connectivity index (χ4n) is 1.88. The Bertz CT molecular complexity index is 416. The maximum absolute atomic E-state index is 12.0. The number of alkyl halides is 2. The van der Waals surface area contributed by atoms with Crippen LogP contribution in [-0.2, 0) is 16.1 Å². The summed E-state index contributed by atoms with van der Waals surface area (Å²) in [4.78, 5) is 11.7. The van der Waals surface area contributed by atoms with Gasteiger partial charge in [-0.15, -0.1) is 0 Å². The number of ether oxygens (including phenoxy) is 2. The first-order valence-corrected chi connectivity index (χ1v) is 6.08. The van der Waals surface area contributed by atoms with Crippen molar-refractivity contribution in [2.75, 3.05) is 6.61 Å². The van der Waals surface area contributed by atoms with Crippen molar-refractivity contribution >= 4 is 5.91 Å². The molecule has 1 aliphatic heterocycles. The van der Waals surface area contributed by atoms with Crippen LogP contribution >= 0.6 is 0 Å². The maximum atomic E-state index is 12.0. The lowest BCUT2D eigenvalue weighted by Crippen LogP contribution is -2.33. The molecule has 1 aliphatic rings. The van der Waals surface area contributed by atoms with Crippen molar-refractivity contribution in [3.05, 3.63) is 29.8 Å². The summed E-state index contributed by atoms with van der Waals surface area (Å²) < 4.78 is 33.4. The molecule has 0 spiro atoms. The lowest BCUT2D eigenvalue weighted by molar-refractivity contribution is -0.130. The summed E-state index contributed by atoms with van der Waals surface area (Å²) in [7, 11) is 0. The van der Waals surface area contributed by atoms with Gasteiger partial charge in [-0.1, -0.05) is 12.1 Å². The molecule has 1 fully saturated rings. The number of amides is 1. The van der Waals surface area contributed by atoms with Crippen LogP contribution in [0.2, 0.25) is 0 Å². The molecule has 6 heteroatoms. The molecular weight excluding hydrogens is 256 g/mol. The zero-order chi connectivity index (χ0) is 13.7. The molecule has 0 saturated carbocycles. The van der Waals surface area contributed by atoms with Crippen LogP contribution in [0.1, 0.15) is 18.4 Å². The first-order chi connectivity index (χ1) is 9.15. The van der Waals surface area contributed by atoms with E-state index >= 15 is 0 Å². The molecule has 4 nitrogen and oxygen atoms in total. The van der Waals surface area contributed by atoms with E-state index in [9.17, 15) is 13.6 Å². The van der Waals surface area contributed by atoms with E-state index in [-0.39, 0.29) is 17.8 Å². The van der Waals surface area contributed by atoms with Crippen LogP contribution in [0, 0.1) is 0 Å². The minimum absolute atomic E-state index is 0.101. The molecule has 19 heavy (non-hydrogen) atoms. The number of hydrogen-bond acceptors (Lipinski definition) is 3. The van der Waals surface area contributed by atoms with Crippen LogP contribution in [0.4, 0.5) is 8.78 Å². The van der Waals surface area contributed by atoms with Gasteiger partial charge in [-0.2, -0.15) is 8.78 Å². The van der Waals surface area contributed by atoms with Gasteiger partial charge < -0.3 is 14.8 Å². The number of nitrogens with one attached hydrogen (secondary N) is 1. The smallest absolute Gasteiger partial charge is 0.387 e. The summed E-state index contributed by atoms with van der Waals surface area (Å²) in [5.41, 5.74) is 0.813. The van der Waals surface area contributed by atoms with Crippen LogP contribution in [0.3, 0.4) is 0 Å². The van der Waals surface area contributed by atoms with Crippen molar-refractivity contribution in [3.63, 3.8) is 0 Å². The van der Waals surface area contributed by atoms with Crippen molar-refractivity contribution in [2.24, 2.45) is 0 Å². The van der Waals surface area contributed by atoms with Gasteiger partial charge in [0.2, 0.25) is 5.91 Å². The summed E-state index contributed by atoms with van der Waals surface area (Å²) in [6.07, 6.45) is 1.28. The molecule has 1 aromatic rings. The Morgan fingerprint density at radius 2 is 2.16 bits per heavy atom. The Morgan fingerprint density at radius 3 is 2.74 bits per heavy atom. The van der Waals surface area contributed by atoms with Crippen molar-refractivity contribution in [1.82, 2.24) is 5.32 Å². The largest absolute Gasteiger partial charge is 0.435 e. The summed E-state index contributed by atoms with van der Waals surface area (Å²) in [6, 6.07) is 6.15. The van der Waals surface area contributed by atoms with Gasteiger partial charge >= 0.3 is 6.61 Å². The van der Waals surface area contributed by atoms with Gasteiger partial charge in [0.15, 0.2) is 0 Å². The second kappa shape index (κ2) is 6.47. The molecule has 1 amide bonds. The average Bonchev–Trinajstić information content (AvgIpc) is 2.91. The van der Waals surface area contributed by atoms with E-state index in [4.69, 9.17) is 4.74 Å². The normalized spacial score (nSPS) is 18.6. The molecule has 0 aromatic heterocycles. The van der Waals surface area contributed by atoms with E-state index in [0.29, 0.717) is 13.2 Å². The van der Waals surface area contributed by atoms with Gasteiger partial charge in [0.1, 0.15) is 11.9 Å². The van der Waals surface area contributed by atoms with Gasteiger partial charge in [-0.25, -0.2) is 0 Å². The number of benzene rings is 1. The molecule has 2 rings (SSSR count). The Morgan fingerprint density at radius 1 is 1.42 bits per heavy atom.